The number of Topliss-reactive ketones (excluding diaryl/α,β-unsaturated/α-hetero) is 1. The van der Waals surface area contributed by atoms with E-state index in [9.17, 15) is 9.59 Å². The van der Waals surface area contributed by atoms with Crippen LogP contribution in [0.1, 0.15) is 76.1 Å². The lowest BCUT2D eigenvalue weighted by Crippen LogP contribution is -2.41. The quantitative estimate of drug-likeness (QED) is 0.137. The number of ether oxygens (including phenoxy) is 3. The fourth-order valence-corrected chi connectivity index (χ4v) is 3.77. The summed E-state index contributed by atoms with van der Waals surface area (Å²) >= 11 is 0. The molecule has 0 amide bonds. The summed E-state index contributed by atoms with van der Waals surface area (Å²) in [5, 5.41) is 17.9. The number of hydrogen-bond donors (Lipinski definition) is 2. The van der Waals surface area contributed by atoms with Crippen LogP contribution in [0.2, 0.25) is 0 Å². The summed E-state index contributed by atoms with van der Waals surface area (Å²) in [5.74, 6) is 0.104. The summed E-state index contributed by atoms with van der Waals surface area (Å²) in [6, 6.07) is 7.02. The second-order valence-electron chi connectivity index (χ2n) is 10.1. The molecule has 1 aromatic rings. The lowest BCUT2D eigenvalue weighted by Gasteiger charge is -2.31. The SMILES string of the molecule is CC(C)(C)OC(=O)C=CC1=CCC(OCCCCCCO)(C(=O)c2ccc(OCCCCO)cc2)C=C1. The number of unbranched alkanes of at least 4 members (excludes halogenated alkanes) is 4. The minimum absolute atomic E-state index is 0.140. The van der Waals surface area contributed by atoms with Gasteiger partial charge >= 0.3 is 5.97 Å². The van der Waals surface area contributed by atoms with Crippen molar-refractivity contribution in [2.75, 3.05) is 26.4 Å². The Kier molecular flexibility index (Phi) is 12.8. The van der Waals surface area contributed by atoms with E-state index in [-0.39, 0.29) is 19.0 Å². The van der Waals surface area contributed by atoms with E-state index in [0.29, 0.717) is 37.4 Å². The van der Waals surface area contributed by atoms with Crippen molar-refractivity contribution in [3.63, 3.8) is 0 Å². The van der Waals surface area contributed by atoms with Crippen LogP contribution in [0.5, 0.6) is 5.75 Å². The second kappa shape index (κ2) is 15.5. The Morgan fingerprint density at radius 3 is 2.22 bits per heavy atom. The molecule has 7 heteroatoms. The molecule has 1 aromatic carbocycles. The predicted molar refractivity (Wildman–Crippen MR) is 144 cm³/mol. The van der Waals surface area contributed by atoms with Gasteiger partial charge in [0.2, 0.25) is 0 Å². The maximum Gasteiger partial charge on any atom is 0.331 e. The van der Waals surface area contributed by atoms with Crippen molar-refractivity contribution in [1.82, 2.24) is 0 Å². The molecule has 1 atom stereocenters. The van der Waals surface area contributed by atoms with Crippen molar-refractivity contribution in [2.24, 2.45) is 0 Å². The first-order valence-corrected chi connectivity index (χ1v) is 13.1. The van der Waals surface area contributed by atoms with Gasteiger partial charge in [-0.05, 0) is 88.4 Å². The Morgan fingerprint density at radius 2 is 1.59 bits per heavy atom. The van der Waals surface area contributed by atoms with Crippen molar-refractivity contribution >= 4 is 11.8 Å². The van der Waals surface area contributed by atoms with Gasteiger partial charge < -0.3 is 24.4 Å². The highest BCUT2D eigenvalue weighted by molar-refractivity contribution is 6.04. The van der Waals surface area contributed by atoms with Gasteiger partial charge in [0, 0.05) is 37.9 Å². The number of allylic oxidation sites excluding steroid dienone is 3. The number of carbonyl (C=O) groups is 2. The van der Waals surface area contributed by atoms with Gasteiger partial charge in [-0.2, -0.15) is 0 Å². The summed E-state index contributed by atoms with van der Waals surface area (Å²) in [4.78, 5) is 25.6. The van der Waals surface area contributed by atoms with Crippen molar-refractivity contribution in [2.45, 2.75) is 76.9 Å². The molecule has 1 aliphatic carbocycles. The molecule has 0 radical (unpaired) electrons. The first kappa shape index (κ1) is 30.5. The van der Waals surface area contributed by atoms with Crippen LogP contribution >= 0.6 is 0 Å². The number of rotatable bonds is 16. The Labute approximate surface area is 220 Å². The van der Waals surface area contributed by atoms with E-state index in [2.05, 4.69) is 0 Å². The number of aliphatic hydroxyl groups excluding tert-OH is 2. The molecular weight excluding hydrogens is 472 g/mol. The Morgan fingerprint density at radius 1 is 0.946 bits per heavy atom. The molecule has 1 aliphatic rings. The van der Waals surface area contributed by atoms with Gasteiger partial charge in [0.1, 0.15) is 11.4 Å². The highest BCUT2D eigenvalue weighted by Gasteiger charge is 2.38. The minimum Gasteiger partial charge on any atom is -0.494 e. The first-order valence-electron chi connectivity index (χ1n) is 13.1. The van der Waals surface area contributed by atoms with Crippen molar-refractivity contribution < 1.29 is 34.0 Å². The summed E-state index contributed by atoms with van der Waals surface area (Å²) < 4.78 is 17.2. The van der Waals surface area contributed by atoms with E-state index >= 15 is 0 Å². The zero-order valence-electron chi connectivity index (χ0n) is 22.4. The van der Waals surface area contributed by atoms with E-state index < -0.39 is 17.2 Å². The molecule has 0 bridgehead atoms. The molecule has 0 aromatic heterocycles. The third-order valence-electron chi connectivity index (χ3n) is 5.74. The average Bonchev–Trinajstić information content (AvgIpc) is 2.87. The van der Waals surface area contributed by atoms with E-state index in [4.69, 9.17) is 24.4 Å². The third kappa shape index (κ3) is 11.0. The molecule has 0 spiro atoms. The zero-order valence-corrected chi connectivity index (χ0v) is 22.4. The number of carbonyl (C=O) groups excluding carboxylic acids is 2. The zero-order chi connectivity index (χ0) is 27.2. The standard InChI is InChI=1S/C30H42O7/c1-29(2,3)37-27(33)15-10-24-16-18-30(19-17-24,36-23-8-5-4-6-20-31)28(34)25-11-13-26(14-12-25)35-22-9-7-21-32/h10-18,31-32H,4-9,19-23H2,1-3H3. The van der Waals surface area contributed by atoms with Gasteiger partial charge in [-0.1, -0.05) is 25.0 Å². The molecule has 0 aliphatic heterocycles. The number of benzene rings is 1. The summed E-state index contributed by atoms with van der Waals surface area (Å²) in [7, 11) is 0. The van der Waals surface area contributed by atoms with Gasteiger partial charge in [0.25, 0.3) is 0 Å². The second-order valence-corrected chi connectivity index (χ2v) is 10.1. The van der Waals surface area contributed by atoms with Gasteiger partial charge in [-0.3, -0.25) is 4.79 Å². The number of hydrogen-bond acceptors (Lipinski definition) is 7. The fraction of sp³-hybridized carbons (Fsp3) is 0.533. The molecule has 0 fully saturated rings. The van der Waals surface area contributed by atoms with Crippen molar-refractivity contribution in [3.8, 4) is 5.75 Å². The van der Waals surface area contributed by atoms with Gasteiger partial charge in [0.05, 0.1) is 6.61 Å². The van der Waals surface area contributed by atoms with Gasteiger partial charge in [-0.25, -0.2) is 4.79 Å². The molecular formula is C30H42O7. The molecule has 2 N–H and O–H groups in total. The highest BCUT2D eigenvalue weighted by atomic mass is 16.6. The van der Waals surface area contributed by atoms with Crippen LogP contribution in [0.15, 0.2) is 60.2 Å². The lowest BCUT2D eigenvalue weighted by molar-refractivity contribution is -0.148. The Bertz CT molecular complexity index is 938. The molecule has 204 valence electrons. The van der Waals surface area contributed by atoms with Crippen LogP contribution in [-0.2, 0) is 14.3 Å². The molecule has 0 saturated heterocycles. The summed E-state index contributed by atoms with van der Waals surface area (Å²) in [6.45, 7) is 6.69. The maximum absolute atomic E-state index is 13.6. The highest BCUT2D eigenvalue weighted by Crippen LogP contribution is 2.31. The molecule has 0 heterocycles. The van der Waals surface area contributed by atoms with E-state index in [1.165, 1.54) is 6.08 Å². The van der Waals surface area contributed by atoms with Crippen LogP contribution in [0, 0.1) is 0 Å². The molecule has 37 heavy (non-hydrogen) atoms. The van der Waals surface area contributed by atoms with Crippen molar-refractivity contribution in [1.29, 1.82) is 0 Å². The van der Waals surface area contributed by atoms with Gasteiger partial charge in [-0.15, -0.1) is 0 Å². The maximum atomic E-state index is 13.6. The monoisotopic (exact) mass is 514 g/mol. The van der Waals surface area contributed by atoms with Gasteiger partial charge in [0.15, 0.2) is 11.4 Å². The first-order chi connectivity index (χ1) is 17.7. The smallest absolute Gasteiger partial charge is 0.331 e. The third-order valence-corrected chi connectivity index (χ3v) is 5.74. The van der Waals surface area contributed by atoms with Crippen molar-refractivity contribution in [3.05, 3.63) is 65.8 Å². The van der Waals surface area contributed by atoms with E-state index in [1.54, 1.807) is 42.5 Å². The van der Waals surface area contributed by atoms with Crippen LogP contribution in [0.3, 0.4) is 0 Å². The average molecular weight is 515 g/mol. The number of aliphatic hydroxyl groups is 2. The largest absolute Gasteiger partial charge is 0.494 e. The Hall–Kier alpha value is -2.74. The van der Waals surface area contributed by atoms with E-state index in [1.807, 2.05) is 26.8 Å². The van der Waals surface area contributed by atoms with Crippen LogP contribution in [0.4, 0.5) is 0 Å². The Balaban J connectivity index is 2.10. The number of esters is 1. The number of ketones is 1. The van der Waals surface area contributed by atoms with Crippen LogP contribution in [0.25, 0.3) is 0 Å². The normalized spacial score (nSPS) is 17.6. The minimum atomic E-state index is -1.14. The molecule has 7 nitrogen and oxygen atoms in total. The predicted octanol–water partition coefficient (Wildman–Crippen LogP) is 5.11. The molecule has 0 saturated carbocycles. The lowest BCUT2D eigenvalue weighted by atomic mass is 9.84. The topological polar surface area (TPSA) is 102 Å². The van der Waals surface area contributed by atoms with Crippen LogP contribution in [-0.4, -0.2) is 59.6 Å². The summed E-state index contributed by atoms with van der Waals surface area (Å²) in [6.07, 6.45) is 13.7. The summed E-state index contributed by atoms with van der Waals surface area (Å²) in [5.41, 5.74) is -0.379. The molecule has 1 unspecified atom stereocenters. The van der Waals surface area contributed by atoms with E-state index in [0.717, 1.165) is 37.7 Å². The molecule has 2 rings (SSSR count). The van der Waals surface area contributed by atoms with Crippen LogP contribution < -0.4 is 4.74 Å². The fourth-order valence-electron chi connectivity index (χ4n) is 3.77.